The smallest absolute Gasteiger partial charge is 0.257 e. The Hall–Kier alpha value is -1.58. The summed E-state index contributed by atoms with van der Waals surface area (Å²) in [6.07, 6.45) is 5.24. The van der Waals surface area contributed by atoms with E-state index in [1.165, 1.54) is 0 Å². The normalized spacial score (nSPS) is 18.8. The molecule has 4 nitrogen and oxygen atoms in total. The molecule has 1 aromatic rings. The highest BCUT2D eigenvalue weighted by molar-refractivity contribution is 5.99. The fourth-order valence-electron chi connectivity index (χ4n) is 2.21. The van der Waals surface area contributed by atoms with Gasteiger partial charge in [0.1, 0.15) is 0 Å². The number of amides is 1. The molecule has 0 unspecified atom stereocenters. The molecular formula is C12H17N3O. The van der Waals surface area contributed by atoms with Crippen molar-refractivity contribution in [3.05, 3.63) is 24.0 Å². The third kappa shape index (κ3) is 1.75. The topological polar surface area (TPSA) is 59.2 Å². The van der Waals surface area contributed by atoms with Crippen LogP contribution >= 0.6 is 0 Å². The van der Waals surface area contributed by atoms with Gasteiger partial charge in [-0.25, -0.2) is 0 Å². The SMILES string of the molecule is CC1(C)CCCN1C(=O)c1cnccc1N. The summed E-state index contributed by atoms with van der Waals surface area (Å²) < 4.78 is 0. The number of carbonyl (C=O) groups is 1. The molecule has 0 aliphatic carbocycles. The molecule has 16 heavy (non-hydrogen) atoms. The lowest BCUT2D eigenvalue weighted by Crippen LogP contribution is -2.42. The van der Waals surface area contributed by atoms with Crippen molar-refractivity contribution in [3.8, 4) is 0 Å². The van der Waals surface area contributed by atoms with Crippen LogP contribution in [-0.2, 0) is 0 Å². The molecule has 1 fully saturated rings. The van der Waals surface area contributed by atoms with Crippen LogP contribution in [0.5, 0.6) is 0 Å². The number of aromatic nitrogens is 1. The molecule has 2 heterocycles. The van der Waals surface area contributed by atoms with E-state index in [1.807, 2.05) is 4.90 Å². The number of pyridine rings is 1. The number of hydrogen-bond acceptors (Lipinski definition) is 3. The highest BCUT2D eigenvalue weighted by atomic mass is 16.2. The number of carbonyl (C=O) groups excluding carboxylic acids is 1. The molecule has 1 saturated heterocycles. The van der Waals surface area contributed by atoms with Gasteiger partial charge in [0.05, 0.1) is 5.56 Å². The first-order chi connectivity index (χ1) is 7.52. The van der Waals surface area contributed by atoms with E-state index in [0.29, 0.717) is 11.3 Å². The molecule has 1 aromatic heterocycles. The second kappa shape index (κ2) is 3.77. The van der Waals surface area contributed by atoms with E-state index < -0.39 is 0 Å². The first kappa shape index (κ1) is 10.9. The van der Waals surface area contributed by atoms with E-state index in [2.05, 4.69) is 18.8 Å². The van der Waals surface area contributed by atoms with Gasteiger partial charge in [-0.3, -0.25) is 9.78 Å². The van der Waals surface area contributed by atoms with Crippen LogP contribution in [0.2, 0.25) is 0 Å². The third-order valence-electron chi connectivity index (χ3n) is 3.23. The maximum absolute atomic E-state index is 12.3. The van der Waals surface area contributed by atoms with Crippen LogP contribution in [0.4, 0.5) is 5.69 Å². The quantitative estimate of drug-likeness (QED) is 0.781. The molecule has 0 bridgehead atoms. The van der Waals surface area contributed by atoms with Crippen LogP contribution in [0.3, 0.4) is 0 Å². The monoisotopic (exact) mass is 219 g/mol. The summed E-state index contributed by atoms with van der Waals surface area (Å²) in [5, 5.41) is 0. The minimum atomic E-state index is -0.0701. The first-order valence-electron chi connectivity index (χ1n) is 5.54. The average molecular weight is 219 g/mol. The van der Waals surface area contributed by atoms with E-state index in [1.54, 1.807) is 18.5 Å². The first-order valence-corrected chi connectivity index (χ1v) is 5.54. The van der Waals surface area contributed by atoms with E-state index in [9.17, 15) is 4.79 Å². The molecule has 4 heteroatoms. The Morgan fingerprint density at radius 2 is 2.31 bits per heavy atom. The molecule has 86 valence electrons. The lowest BCUT2D eigenvalue weighted by atomic mass is 10.0. The Bertz CT molecular complexity index is 414. The van der Waals surface area contributed by atoms with Crippen LogP contribution in [-0.4, -0.2) is 27.9 Å². The van der Waals surface area contributed by atoms with E-state index in [4.69, 9.17) is 5.73 Å². The van der Waals surface area contributed by atoms with Crippen LogP contribution in [0.1, 0.15) is 37.0 Å². The molecule has 2 N–H and O–H groups in total. The third-order valence-corrected chi connectivity index (χ3v) is 3.23. The van der Waals surface area contributed by atoms with Gasteiger partial charge in [-0.1, -0.05) is 0 Å². The average Bonchev–Trinajstić information content (AvgIpc) is 2.58. The second-order valence-corrected chi connectivity index (χ2v) is 4.84. The summed E-state index contributed by atoms with van der Waals surface area (Å²) >= 11 is 0. The fourth-order valence-corrected chi connectivity index (χ4v) is 2.21. The van der Waals surface area contributed by atoms with E-state index in [-0.39, 0.29) is 11.4 Å². The fraction of sp³-hybridized carbons (Fsp3) is 0.500. The Labute approximate surface area is 95.5 Å². The van der Waals surface area contributed by atoms with Gasteiger partial charge in [0.25, 0.3) is 5.91 Å². The Morgan fingerprint density at radius 1 is 1.56 bits per heavy atom. The molecule has 0 atom stereocenters. The van der Waals surface area contributed by atoms with E-state index in [0.717, 1.165) is 19.4 Å². The molecule has 0 radical (unpaired) electrons. The summed E-state index contributed by atoms with van der Waals surface area (Å²) in [4.78, 5) is 18.1. The van der Waals surface area contributed by atoms with Crippen molar-refractivity contribution in [2.45, 2.75) is 32.2 Å². The highest BCUT2D eigenvalue weighted by Gasteiger charge is 2.36. The number of anilines is 1. The molecule has 0 aromatic carbocycles. The van der Waals surface area contributed by atoms with Gasteiger partial charge in [-0.05, 0) is 32.8 Å². The maximum atomic E-state index is 12.3. The number of nitrogens with zero attached hydrogens (tertiary/aromatic N) is 2. The molecule has 1 aliphatic rings. The minimum absolute atomic E-state index is 0.00639. The molecule has 0 saturated carbocycles. The summed E-state index contributed by atoms with van der Waals surface area (Å²) in [5.74, 6) is -0.00639. The zero-order chi connectivity index (χ0) is 11.8. The predicted molar refractivity (Wildman–Crippen MR) is 63.0 cm³/mol. The molecule has 0 spiro atoms. The Morgan fingerprint density at radius 3 is 2.88 bits per heavy atom. The summed E-state index contributed by atoms with van der Waals surface area (Å²) in [5.41, 5.74) is 6.73. The number of rotatable bonds is 1. The molecule has 2 rings (SSSR count). The Balaban J connectivity index is 2.30. The van der Waals surface area contributed by atoms with Gasteiger partial charge < -0.3 is 10.6 Å². The lowest BCUT2D eigenvalue weighted by molar-refractivity contribution is 0.0652. The summed E-state index contributed by atoms with van der Waals surface area (Å²) in [6.45, 7) is 4.98. The largest absolute Gasteiger partial charge is 0.398 e. The van der Waals surface area contributed by atoms with E-state index >= 15 is 0 Å². The van der Waals surface area contributed by atoms with Gasteiger partial charge in [0, 0.05) is 30.2 Å². The molecule has 1 amide bonds. The second-order valence-electron chi connectivity index (χ2n) is 4.84. The maximum Gasteiger partial charge on any atom is 0.257 e. The number of nitrogen functional groups attached to an aromatic ring is 1. The predicted octanol–water partition coefficient (Wildman–Crippen LogP) is 1.68. The van der Waals surface area contributed by atoms with Crippen molar-refractivity contribution in [2.24, 2.45) is 0 Å². The van der Waals surface area contributed by atoms with Crippen molar-refractivity contribution < 1.29 is 4.79 Å². The summed E-state index contributed by atoms with van der Waals surface area (Å²) in [6, 6.07) is 1.66. The van der Waals surface area contributed by atoms with Gasteiger partial charge in [0.15, 0.2) is 0 Å². The minimum Gasteiger partial charge on any atom is -0.398 e. The zero-order valence-corrected chi connectivity index (χ0v) is 9.73. The number of nitrogens with two attached hydrogens (primary N) is 1. The molecular weight excluding hydrogens is 202 g/mol. The molecule has 1 aliphatic heterocycles. The van der Waals surface area contributed by atoms with Crippen LogP contribution in [0, 0.1) is 0 Å². The Kier molecular flexibility index (Phi) is 2.58. The summed E-state index contributed by atoms with van der Waals surface area (Å²) in [7, 11) is 0. The van der Waals surface area contributed by atoms with Crippen molar-refractivity contribution in [1.82, 2.24) is 9.88 Å². The standard InChI is InChI=1S/C12H17N3O/c1-12(2)5-3-7-15(12)11(16)9-8-14-6-4-10(9)13/h4,6,8H,3,5,7H2,1-2H3,(H2,13,14). The lowest BCUT2D eigenvalue weighted by Gasteiger charge is -2.31. The van der Waals surface area contributed by atoms with Crippen molar-refractivity contribution in [1.29, 1.82) is 0 Å². The number of likely N-dealkylation sites (tertiary alicyclic amines) is 1. The van der Waals surface area contributed by atoms with Crippen molar-refractivity contribution >= 4 is 11.6 Å². The van der Waals surface area contributed by atoms with Crippen LogP contribution in [0.25, 0.3) is 0 Å². The highest BCUT2D eigenvalue weighted by Crippen LogP contribution is 2.30. The van der Waals surface area contributed by atoms with Gasteiger partial charge in [0.2, 0.25) is 0 Å². The van der Waals surface area contributed by atoms with Crippen molar-refractivity contribution in [3.63, 3.8) is 0 Å². The van der Waals surface area contributed by atoms with Crippen molar-refractivity contribution in [2.75, 3.05) is 12.3 Å². The van der Waals surface area contributed by atoms with Crippen LogP contribution < -0.4 is 5.73 Å². The van der Waals surface area contributed by atoms with Gasteiger partial charge in [-0.15, -0.1) is 0 Å². The number of hydrogen-bond donors (Lipinski definition) is 1. The van der Waals surface area contributed by atoms with Gasteiger partial charge in [-0.2, -0.15) is 0 Å². The zero-order valence-electron chi connectivity index (χ0n) is 9.73. The van der Waals surface area contributed by atoms with Gasteiger partial charge >= 0.3 is 0 Å². The van der Waals surface area contributed by atoms with Crippen LogP contribution in [0.15, 0.2) is 18.5 Å².